The Kier molecular flexibility index (Phi) is 4.96. The second-order valence-electron chi connectivity index (χ2n) is 7.74. The minimum atomic E-state index is -0.349. The van der Waals surface area contributed by atoms with Gasteiger partial charge in [-0.05, 0) is 51.1 Å². The van der Waals surface area contributed by atoms with E-state index in [-0.39, 0.29) is 24.2 Å². The van der Waals surface area contributed by atoms with E-state index in [0.29, 0.717) is 29.1 Å². The summed E-state index contributed by atoms with van der Waals surface area (Å²) in [5.41, 5.74) is 2.56. The van der Waals surface area contributed by atoms with Crippen molar-refractivity contribution in [3.05, 3.63) is 71.0 Å². The number of benzene rings is 2. The van der Waals surface area contributed by atoms with Crippen LogP contribution in [0, 0.1) is 6.92 Å². The lowest BCUT2D eigenvalue weighted by molar-refractivity contribution is 0.0619. The first kappa shape index (κ1) is 19.0. The average Bonchev–Trinajstić information content (AvgIpc) is 3.10. The third-order valence-electron chi connectivity index (χ3n) is 4.92. The highest BCUT2D eigenvalue weighted by atomic mass is 16.6. The molecule has 7 heteroatoms. The van der Waals surface area contributed by atoms with Gasteiger partial charge in [-0.1, -0.05) is 28.5 Å². The maximum atomic E-state index is 12.8. The predicted octanol–water partition coefficient (Wildman–Crippen LogP) is 3.99. The van der Waals surface area contributed by atoms with E-state index in [4.69, 9.17) is 9.47 Å². The summed E-state index contributed by atoms with van der Waals surface area (Å²) in [6.45, 7) is 6.12. The zero-order chi connectivity index (χ0) is 20.4. The largest absolute Gasteiger partial charge is 0.487 e. The van der Waals surface area contributed by atoms with Gasteiger partial charge >= 0.3 is 0 Å². The number of ether oxygens (including phenoxy) is 2. The molecule has 0 saturated heterocycles. The van der Waals surface area contributed by atoms with Gasteiger partial charge in [0.15, 0.2) is 0 Å². The van der Waals surface area contributed by atoms with Crippen LogP contribution >= 0.6 is 0 Å². The maximum absolute atomic E-state index is 12.8. The summed E-state index contributed by atoms with van der Waals surface area (Å²) in [5, 5.41) is 10.6. The molecule has 1 atom stereocenters. The van der Waals surface area contributed by atoms with Crippen molar-refractivity contribution in [2.45, 2.75) is 45.4 Å². The smallest absolute Gasteiger partial charge is 0.251 e. The molecule has 1 aliphatic heterocycles. The van der Waals surface area contributed by atoms with Crippen LogP contribution in [0.4, 0.5) is 0 Å². The fraction of sp³-hybridized carbons (Fsp3) is 0.318. The Morgan fingerprint density at radius 1 is 1.17 bits per heavy atom. The van der Waals surface area contributed by atoms with Gasteiger partial charge in [0.05, 0.1) is 6.04 Å². The molecule has 1 N–H and O–H groups in total. The summed E-state index contributed by atoms with van der Waals surface area (Å²) in [4.78, 5) is 12.8. The van der Waals surface area contributed by atoms with E-state index >= 15 is 0 Å². The number of carbonyl (C=O) groups is 1. The van der Waals surface area contributed by atoms with Gasteiger partial charge in [-0.25, -0.2) is 4.63 Å². The van der Waals surface area contributed by atoms with Crippen LogP contribution in [0.15, 0.2) is 53.2 Å². The quantitative estimate of drug-likeness (QED) is 0.705. The van der Waals surface area contributed by atoms with Crippen LogP contribution in [0.5, 0.6) is 11.5 Å². The molecular weight excluding hydrogens is 370 g/mol. The first-order valence-corrected chi connectivity index (χ1v) is 9.51. The first-order chi connectivity index (χ1) is 13.9. The Bertz CT molecular complexity index is 1010. The molecule has 1 unspecified atom stereocenters. The number of para-hydroxylation sites is 1. The third-order valence-corrected chi connectivity index (χ3v) is 4.92. The maximum Gasteiger partial charge on any atom is 0.251 e. The molecule has 2 heterocycles. The molecule has 1 amide bonds. The molecule has 29 heavy (non-hydrogen) atoms. The molecule has 0 radical (unpaired) electrons. The summed E-state index contributed by atoms with van der Waals surface area (Å²) >= 11 is 0. The van der Waals surface area contributed by atoms with Gasteiger partial charge < -0.3 is 14.8 Å². The first-order valence-electron chi connectivity index (χ1n) is 9.51. The van der Waals surface area contributed by atoms with Gasteiger partial charge in [-0.3, -0.25) is 4.79 Å². The van der Waals surface area contributed by atoms with Crippen molar-refractivity contribution < 1.29 is 18.9 Å². The van der Waals surface area contributed by atoms with E-state index in [1.54, 1.807) is 31.2 Å². The molecule has 0 bridgehead atoms. The van der Waals surface area contributed by atoms with Crippen LogP contribution in [0.25, 0.3) is 0 Å². The van der Waals surface area contributed by atoms with Crippen LogP contribution < -0.4 is 14.8 Å². The van der Waals surface area contributed by atoms with Crippen LogP contribution in [0.2, 0.25) is 0 Å². The van der Waals surface area contributed by atoms with Crippen molar-refractivity contribution in [3.63, 3.8) is 0 Å². The Morgan fingerprint density at radius 3 is 2.66 bits per heavy atom. The number of hydrogen-bond donors (Lipinski definition) is 1. The molecule has 3 aromatic rings. The number of carbonyl (C=O) groups excluding carboxylic acids is 1. The molecule has 0 saturated carbocycles. The van der Waals surface area contributed by atoms with Gasteiger partial charge in [0.1, 0.15) is 35.1 Å². The molecule has 1 aliphatic rings. The topological polar surface area (TPSA) is 86.5 Å². The van der Waals surface area contributed by atoms with Crippen LogP contribution in [-0.4, -0.2) is 21.8 Å². The lowest BCUT2D eigenvalue weighted by Gasteiger charge is -2.37. The molecule has 0 aliphatic carbocycles. The average molecular weight is 393 g/mol. The highest BCUT2D eigenvalue weighted by Crippen LogP contribution is 2.39. The summed E-state index contributed by atoms with van der Waals surface area (Å²) in [5.74, 6) is 1.32. The summed E-state index contributed by atoms with van der Waals surface area (Å²) in [7, 11) is 0. The second-order valence-corrected chi connectivity index (χ2v) is 7.74. The second kappa shape index (κ2) is 7.58. The molecule has 0 spiro atoms. The molecule has 2 aromatic carbocycles. The van der Waals surface area contributed by atoms with Crippen molar-refractivity contribution >= 4 is 5.91 Å². The Hall–Kier alpha value is -3.35. The highest BCUT2D eigenvalue weighted by molar-refractivity contribution is 5.94. The minimum absolute atomic E-state index is 0.110. The lowest BCUT2D eigenvalue weighted by Crippen LogP contribution is -2.41. The number of hydrogen-bond acceptors (Lipinski definition) is 6. The van der Waals surface area contributed by atoms with Crippen molar-refractivity contribution in [3.8, 4) is 11.5 Å². The van der Waals surface area contributed by atoms with Gasteiger partial charge in [0, 0.05) is 17.5 Å². The van der Waals surface area contributed by atoms with Gasteiger partial charge in [-0.2, -0.15) is 0 Å². The van der Waals surface area contributed by atoms with Gasteiger partial charge in [0.2, 0.25) is 0 Å². The Morgan fingerprint density at radius 2 is 1.93 bits per heavy atom. The normalized spacial score (nSPS) is 17.1. The molecule has 1 aromatic heterocycles. The highest BCUT2D eigenvalue weighted by Gasteiger charge is 2.34. The van der Waals surface area contributed by atoms with Crippen molar-refractivity contribution in [2.24, 2.45) is 0 Å². The molecule has 7 nitrogen and oxygen atoms in total. The van der Waals surface area contributed by atoms with Gasteiger partial charge in [0.25, 0.3) is 5.91 Å². The number of rotatable bonds is 5. The Balaban J connectivity index is 1.43. The van der Waals surface area contributed by atoms with E-state index in [1.807, 2.05) is 38.1 Å². The van der Waals surface area contributed by atoms with E-state index in [0.717, 1.165) is 11.3 Å². The van der Waals surface area contributed by atoms with Crippen molar-refractivity contribution in [2.75, 3.05) is 0 Å². The molecule has 0 fully saturated rings. The Labute approximate surface area is 169 Å². The van der Waals surface area contributed by atoms with E-state index in [2.05, 4.69) is 20.3 Å². The number of amides is 1. The minimum Gasteiger partial charge on any atom is -0.487 e. The zero-order valence-electron chi connectivity index (χ0n) is 16.6. The number of nitrogens with one attached hydrogen (secondary N) is 1. The molecule has 150 valence electrons. The summed E-state index contributed by atoms with van der Waals surface area (Å²) < 4.78 is 16.4. The number of aryl methyl sites for hydroxylation is 1. The fourth-order valence-electron chi connectivity index (χ4n) is 3.41. The predicted molar refractivity (Wildman–Crippen MR) is 106 cm³/mol. The van der Waals surface area contributed by atoms with Crippen LogP contribution in [-0.2, 0) is 6.61 Å². The fourth-order valence-corrected chi connectivity index (χ4v) is 3.41. The standard InChI is InChI=1S/C22H23N3O4/c1-14-19(25-29-24-14)13-27-16-10-8-15(9-11-16)21(26)23-18-12-22(2,3)28-20-7-5-4-6-17(18)20/h4-11,18H,12-13H2,1-3H3,(H,23,26). The van der Waals surface area contributed by atoms with E-state index in [1.165, 1.54) is 0 Å². The molecule has 4 rings (SSSR count). The van der Waals surface area contributed by atoms with Gasteiger partial charge in [-0.15, -0.1) is 0 Å². The lowest BCUT2D eigenvalue weighted by atomic mass is 9.89. The number of nitrogens with zero attached hydrogens (tertiary/aromatic N) is 2. The van der Waals surface area contributed by atoms with Crippen LogP contribution in [0.1, 0.15) is 53.6 Å². The number of fused-ring (bicyclic) bond motifs is 1. The van der Waals surface area contributed by atoms with E-state index < -0.39 is 0 Å². The monoisotopic (exact) mass is 393 g/mol. The molecular formula is C22H23N3O4. The SMILES string of the molecule is Cc1nonc1COc1ccc(C(=O)NC2CC(C)(C)Oc3ccccc32)cc1. The third kappa shape index (κ3) is 4.23. The summed E-state index contributed by atoms with van der Waals surface area (Å²) in [6.07, 6.45) is 0.696. The van der Waals surface area contributed by atoms with Crippen LogP contribution in [0.3, 0.4) is 0 Å². The summed E-state index contributed by atoms with van der Waals surface area (Å²) in [6, 6.07) is 14.7. The van der Waals surface area contributed by atoms with E-state index in [9.17, 15) is 4.79 Å². The number of aromatic nitrogens is 2. The van der Waals surface area contributed by atoms with Crippen molar-refractivity contribution in [1.82, 2.24) is 15.6 Å². The van der Waals surface area contributed by atoms with Crippen molar-refractivity contribution in [1.29, 1.82) is 0 Å². The zero-order valence-corrected chi connectivity index (χ0v) is 16.6.